The predicted molar refractivity (Wildman–Crippen MR) is 106 cm³/mol. The normalized spacial score (nSPS) is 11.4. The quantitative estimate of drug-likeness (QED) is 0.0751. The van der Waals surface area contributed by atoms with Crippen molar-refractivity contribution in [1.29, 1.82) is 0 Å². The second-order valence-corrected chi connectivity index (χ2v) is 7.96. The van der Waals surface area contributed by atoms with Gasteiger partial charge < -0.3 is 9.47 Å². The maximum Gasteiger partial charge on any atom is 0.349 e. The molecule has 0 radical (unpaired) electrons. The lowest BCUT2D eigenvalue weighted by Crippen LogP contribution is -2.20. The Bertz CT molecular complexity index is 1780. The molecule has 0 aliphatic heterocycles. The van der Waals surface area contributed by atoms with Gasteiger partial charge in [-0.05, 0) is 0 Å². The molecule has 4 aromatic carbocycles. The molecular weight excluding hydrogens is 656 g/mol. The lowest BCUT2D eigenvalue weighted by Gasteiger charge is -2.17. The zero-order valence-electron chi connectivity index (χ0n) is 19.7. The van der Waals surface area contributed by atoms with Crippen molar-refractivity contribution in [3.63, 3.8) is 0 Å². The number of rotatable bonds is 4. The smallest absolute Gasteiger partial charge is 0.349 e. The minimum atomic E-state index is -2.97. The van der Waals surface area contributed by atoms with Crippen LogP contribution in [0.3, 0.4) is 0 Å². The van der Waals surface area contributed by atoms with Crippen molar-refractivity contribution < 1.29 is 89.3 Å². The average molecular weight is 656 g/mol. The number of hydrogen-bond donors (Lipinski definition) is 0. The highest BCUT2D eigenvalue weighted by atomic mass is 19.2. The number of benzene rings is 4. The van der Waals surface area contributed by atoms with Gasteiger partial charge in [-0.3, -0.25) is 0 Å². The van der Waals surface area contributed by atoms with Crippen LogP contribution in [0.2, 0.25) is 0 Å². The van der Waals surface area contributed by atoms with Crippen molar-refractivity contribution in [2.45, 2.75) is 0 Å². The summed E-state index contributed by atoms with van der Waals surface area (Å²) in [7, 11) is 0. The Kier molecular flexibility index (Phi) is 7.90. The monoisotopic (exact) mass is 656 g/mol. The van der Waals surface area contributed by atoms with Gasteiger partial charge in [0.1, 0.15) is 11.1 Å². The van der Waals surface area contributed by atoms with E-state index in [0.717, 1.165) is 0 Å². The molecule has 44 heavy (non-hydrogen) atoms. The fourth-order valence-electron chi connectivity index (χ4n) is 3.52. The van der Waals surface area contributed by atoms with Crippen molar-refractivity contribution >= 4 is 22.7 Å². The number of carbonyl (C=O) groups is 2. The summed E-state index contributed by atoms with van der Waals surface area (Å²) in [5, 5.41) is -4.73. The summed E-state index contributed by atoms with van der Waals surface area (Å²) in [6.07, 6.45) is 0. The molecule has 0 saturated carbocycles. The first-order valence-corrected chi connectivity index (χ1v) is 10.5. The second-order valence-electron chi connectivity index (χ2n) is 7.96. The molecule has 0 atom stereocenters. The Morgan fingerprint density at radius 3 is 0.795 bits per heavy atom. The predicted octanol–water partition coefficient (Wildman–Crippen LogP) is 7.50. The minimum absolute atomic E-state index is 2.33. The molecule has 0 saturated heterocycles. The summed E-state index contributed by atoms with van der Waals surface area (Å²) in [5.74, 6) is -57.6. The number of carbonyl (C=O) groups excluding carboxylic acids is 2. The second kappa shape index (κ2) is 10.9. The molecule has 0 N–H and O–H groups in total. The van der Waals surface area contributed by atoms with E-state index in [9.17, 15) is 79.8 Å². The molecule has 4 aromatic rings. The first kappa shape index (κ1) is 31.9. The van der Waals surface area contributed by atoms with Crippen molar-refractivity contribution in [2.75, 3.05) is 0 Å². The molecule has 4 rings (SSSR count). The van der Waals surface area contributed by atoms with Crippen LogP contribution < -0.4 is 9.47 Å². The Hall–Kier alpha value is -5.04. The van der Waals surface area contributed by atoms with Gasteiger partial charge in [0.05, 0.1) is 10.8 Å². The summed E-state index contributed by atoms with van der Waals surface area (Å²) in [6, 6.07) is 0. The first-order valence-electron chi connectivity index (χ1n) is 10.5. The lowest BCUT2D eigenvalue weighted by atomic mass is 10.0. The van der Waals surface area contributed by atoms with Crippen molar-refractivity contribution in [3.05, 3.63) is 104 Å². The van der Waals surface area contributed by atoms with Gasteiger partial charge in [0.25, 0.3) is 0 Å². The van der Waals surface area contributed by atoms with Crippen LogP contribution in [0, 0.1) is 93.1 Å². The Morgan fingerprint density at radius 1 is 0.295 bits per heavy atom. The third-order valence-electron chi connectivity index (χ3n) is 5.53. The summed E-state index contributed by atoms with van der Waals surface area (Å²) >= 11 is 0. The molecule has 20 heteroatoms. The molecule has 0 aliphatic carbocycles. The van der Waals surface area contributed by atoms with Crippen LogP contribution in [0.1, 0.15) is 20.7 Å². The van der Waals surface area contributed by atoms with Crippen molar-refractivity contribution in [1.82, 2.24) is 0 Å². The number of hydrogen-bond acceptors (Lipinski definition) is 4. The molecule has 0 fully saturated rings. The highest BCUT2D eigenvalue weighted by molar-refractivity contribution is 6.02. The molecule has 0 spiro atoms. The van der Waals surface area contributed by atoms with Crippen LogP contribution in [0.5, 0.6) is 11.5 Å². The molecule has 0 bridgehead atoms. The van der Waals surface area contributed by atoms with E-state index in [1.54, 1.807) is 0 Å². The maximum absolute atomic E-state index is 14.7. The van der Waals surface area contributed by atoms with Gasteiger partial charge in [-0.2, -0.15) is 8.78 Å². The van der Waals surface area contributed by atoms with E-state index in [2.05, 4.69) is 9.47 Å². The molecule has 0 aliphatic rings. The summed E-state index contributed by atoms with van der Waals surface area (Å²) in [6.45, 7) is 0. The van der Waals surface area contributed by atoms with Gasteiger partial charge >= 0.3 is 11.9 Å². The summed E-state index contributed by atoms with van der Waals surface area (Å²) in [5.41, 5.74) is -5.19. The van der Waals surface area contributed by atoms with Gasteiger partial charge in [-0.25, -0.2) is 71.1 Å². The zero-order valence-corrected chi connectivity index (χ0v) is 19.7. The van der Waals surface area contributed by atoms with E-state index in [-0.39, 0.29) is 0 Å². The molecular formula is C24F16O4. The SMILES string of the molecule is O=C(Oc1c(F)c(F)c(F)c2c(F)c(F)c(F)c(OC(=O)c3c(F)c(F)c(F)c(F)c3F)c12)c1c(F)c(F)c(F)c(F)c1F. The zero-order chi connectivity index (χ0) is 33.3. The molecule has 0 unspecified atom stereocenters. The molecule has 0 aromatic heterocycles. The highest BCUT2D eigenvalue weighted by Gasteiger charge is 2.38. The van der Waals surface area contributed by atoms with E-state index >= 15 is 0 Å². The lowest BCUT2D eigenvalue weighted by molar-refractivity contribution is 0.0714. The fraction of sp³-hybridized carbons (Fsp3) is 0. The number of halogens is 16. The largest absolute Gasteiger partial charge is 0.419 e. The van der Waals surface area contributed by atoms with Crippen LogP contribution in [0.4, 0.5) is 70.2 Å². The minimum Gasteiger partial charge on any atom is -0.419 e. The van der Waals surface area contributed by atoms with E-state index in [1.165, 1.54) is 0 Å². The van der Waals surface area contributed by atoms with E-state index in [0.29, 0.717) is 0 Å². The standard InChI is InChI=1S/C24F16O4/c25-5-1-2(21(19(39)15(5)35)43-23(41)3-7(27)11(31)17(37)12(32)8(3)28)22(20(40)16(36)6(1)26)44-24(42)4-9(29)13(33)18(38)14(34)10(4)30. The Balaban J connectivity index is 2.05. The molecule has 232 valence electrons. The van der Waals surface area contributed by atoms with E-state index in [1.807, 2.05) is 0 Å². The summed E-state index contributed by atoms with van der Waals surface area (Å²) in [4.78, 5) is 24.6. The van der Waals surface area contributed by atoms with Crippen molar-refractivity contribution in [2.24, 2.45) is 0 Å². The van der Waals surface area contributed by atoms with Crippen molar-refractivity contribution in [3.8, 4) is 11.5 Å². The van der Waals surface area contributed by atoms with Gasteiger partial charge in [-0.15, -0.1) is 0 Å². The van der Waals surface area contributed by atoms with Crippen LogP contribution in [0.15, 0.2) is 0 Å². The van der Waals surface area contributed by atoms with Gasteiger partial charge in [-0.1, -0.05) is 0 Å². The number of fused-ring (bicyclic) bond motifs is 1. The van der Waals surface area contributed by atoms with Gasteiger partial charge in [0.15, 0.2) is 81.3 Å². The van der Waals surface area contributed by atoms with Crippen LogP contribution in [-0.2, 0) is 0 Å². The molecule has 4 nitrogen and oxygen atoms in total. The third-order valence-corrected chi connectivity index (χ3v) is 5.53. The van der Waals surface area contributed by atoms with E-state index < -0.39 is 138 Å². The highest BCUT2D eigenvalue weighted by Crippen LogP contribution is 2.44. The molecule has 0 heterocycles. The average Bonchev–Trinajstić information content (AvgIpc) is 2.98. The Morgan fingerprint density at radius 2 is 0.523 bits per heavy atom. The maximum atomic E-state index is 14.7. The third kappa shape index (κ3) is 4.51. The Labute approximate surface area is 228 Å². The number of ether oxygens (including phenoxy) is 2. The fourth-order valence-corrected chi connectivity index (χ4v) is 3.52. The topological polar surface area (TPSA) is 52.6 Å². The van der Waals surface area contributed by atoms with E-state index in [4.69, 9.17) is 0 Å². The molecule has 0 amide bonds. The van der Waals surface area contributed by atoms with Crippen LogP contribution >= 0.6 is 0 Å². The number of esters is 2. The van der Waals surface area contributed by atoms with Crippen LogP contribution in [-0.4, -0.2) is 11.9 Å². The van der Waals surface area contributed by atoms with Crippen LogP contribution in [0.25, 0.3) is 10.8 Å². The van der Waals surface area contributed by atoms with Gasteiger partial charge in [0.2, 0.25) is 23.3 Å². The summed E-state index contributed by atoms with van der Waals surface area (Å²) < 4.78 is 232. The van der Waals surface area contributed by atoms with Gasteiger partial charge in [0, 0.05) is 0 Å². The first-order chi connectivity index (χ1) is 20.4.